The van der Waals surface area contributed by atoms with Gasteiger partial charge in [-0.1, -0.05) is 17.7 Å². The Bertz CT molecular complexity index is 374. The SMILES string of the molecule is Cc1cc(C)c(C(N)C2COCCO2)c(C)c1. The van der Waals surface area contributed by atoms with Crippen LogP contribution in [0, 0.1) is 20.8 Å². The average Bonchev–Trinajstić information content (AvgIpc) is 2.28. The van der Waals surface area contributed by atoms with Crippen LogP contribution in [-0.2, 0) is 9.47 Å². The number of ether oxygens (including phenoxy) is 2. The van der Waals surface area contributed by atoms with Gasteiger partial charge in [0.25, 0.3) is 0 Å². The Morgan fingerprint density at radius 1 is 1.18 bits per heavy atom. The summed E-state index contributed by atoms with van der Waals surface area (Å²) in [6.07, 6.45) is -0.0242. The van der Waals surface area contributed by atoms with E-state index >= 15 is 0 Å². The molecule has 0 saturated carbocycles. The number of aryl methyl sites for hydroxylation is 3. The normalized spacial score (nSPS) is 22.5. The zero-order valence-corrected chi connectivity index (χ0v) is 10.8. The Labute approximate surface area is 103 Å². The van der Waals surface area contributed by atoms with Crippen molar-refractivity contribution in [3.63, 3.8) is 0 Å². The van der Waals surface area contributed by atoms with Crippen molar-refractivity contribution in [2.75, 3.05) is 19.8 Å². The molecule has 17 heavy (non-hydrogen) atoms. The lowest BCUT2D eigenvalue weighted by Gasteiger charge is -2.30. The van der Waals surface area contributed by atoms with Gasteiger partial charge in [0.15, 0.2) is 0 Å². The average molecular weight is 235 g/mol. The van der Waals surface area contributed by atoms with Gasteiger partial charge in [-0.25, -0.2) is 0 Å². The molecule has 1 saturated heterocycles. The topological polar surface area (TPSA) is 44.5 Å². The molecule has 0 spiro atoms. The molecule has 1 aliphatic heterocycles. The van der Waals surface area contributed by atoms with E-state index in [-0.39, 0.29) is 12.1 Å². The second kappa shape index (κ2) is 5.17. The van der Waals surface area contributed by atoms with E-state index < -0.39 is 0 Å². The van der Waals surface area contributed by atoms with Crippen LogP contribution in [0.3, 0.4) is 0 Å². The Kier molecular flexibility index (Phi) is 3.82. The molecule has 0 aliphatic carbocycles. The van der Waals surface area contributed by atoms with Crippen LogP contribution in [0.5, 0.6) is 0 Å². The molecule has 1 fully saturated rings. The molecule has 1 aromatic rings. The molecular weight excluding hydrogens is 214 g/mol. The number of hydrogen-bond donors (Lipinski definition) is 1. The quantitative estimate of drug-likeness (QED) is 0.853. The highest BCUT2D eigenvalue weighted by molar-refractivity contribution is 5.40. The number of hydrogen-bond acceptors (Lipinski definition) is 3. The van der Waals surface area contributed by atoms with Gasteiger partial charge < -0.3 is 15.2 Å². The van der Waals surface area contributed by atoms with Gasteiger partial charge in [0.05, 0.1) is 25.9 Å². The molecule has 0 radical (unpaired) electrons. The van der Waals surface area contributed by atoms with Gasteiger partial charge in [0.2, 0.25) is 0 Å². The first-order valence-electron chi connectivity index (χ1n) is 6.12. The second-order valence-electron chi connectivity index (χ2n) is 4.82. The van der Waals surface area contributed by atoms with E-state index in [0.29, 0.717) is 19.8 Å². The van der Waals surface area contributed by atoms with E-state index in [2.05, 4.69) is 32.9 Å². The summed E-state index contributed by atoms with van der Waals surface area (Å²) in [4.78, 5) is 0. The maximum atomic E-state index is 6.32. The molecule has 2 unspecified atom stereocenters. The maximum Gasteiger partial charge on any atom is 0.100 e. The van der Waals surface area contributed by atoms with E-state index in [4.69, 9.17) is 15.2 Å². The number of nitrogens with two attached hydrogens (primary N) is 1. The number of rotatable bonds is 2. The van der Waals surface area contributed by atoms with Gasteiger partial charge in [0.1, 0.15) is 6.10 Å². The van der Waals surface area contributed by atoms with Gasteiger partial charge in [-0.15, -0.1) is 0 Å². The summed E-state index contributed by atoms with van der Waals surface area (Å²) < 4.78 is 11.1. The third kappa shape index (κ3) is 2.68. The fraction of sp³-hybridized carbons (Fsp3) is 0.571. The monoisotopic (exact) mass is 235 g/mol. The first-order valence-corrected chi connectivity index (χ1v) is 6.12. The van der Waals surface area contributed by atoms with Crippen LogP contribution in [0.2, 0.25) is 0 Å². The Morgan fingerprint density at radius 2 is 1.82 bits per heavy atom. The van der Waals surface area contributed by atoms with Crippen LogP contribution in [-0.4, -0.2) is 25.9 Å². The summed E-state index contributed by atoms with van der Waals surface area (Å²) in [5.41, 5.74) is 11.3. The maximum absolute atomic E-state index is 6.32. The smallest absolute Gasteiger partial charge is 0.100 e. The number of benzene rings is 1. The van der Waals surface area contributed by atoms with Crippen LogP contribution in [0.15, 0.2) is 12.1 Å². The fourth-order valence-electron chi connectivity index (χ4n) is 2.62. The minimum absolute atomic E-state index is 0.0242. The minimum atomic E-state index is -0.101. The summed E-state index contributed by atoms with van der Waals surface area (Å²) in [6, 6.07) is 4.24. The first kappa shape index (κ1) is 12.6. The molecule has 3 heteroatoms. The van der Waals surface area contributed by atoms with Crippen LogP contribution in [0.25, 0.3) is 0 Å². The van der Waals surface area contributed by atoms with Gasteiger partial charge >= 0.3 is 0 Å². The van der Waals surface area contributed by atoms with Gasteiger partial charge in [-0.05, 0) is 37.5 Å². The zero-order chi connectivity index (χ0) is 12.4. The Balaban J connectivity index is 2.26. The summed E-state index contributed by atoms with van der Waals surface area (Å²) in [5, 5.41) is 0. The molecule has 0 aromatic heterocycles. The van der Waals surface area contributed by atoms with Crippen molar-refractivity contribution in [3.05, 3.63) is 34.4 Å². The summed E-state index contributed by atoms with van der Waals surface area (Å²) >= 11 is 0. The van der Waals surface area contributed by atoms with Gasteiger partial charge in [-0.3, -0.25) is 0 Å². The Hall–Kier alpha value is -0.900. The third-order valence-corrected chi connectivity index (χ3v) is 3.31. The molecular formula is C14H21NO2. The van der Waals surface area contributed by atoms with Crippen molar-refractivity contribution in [2.45, 2.75) is 32.9 Å². The van der Waals surface area contributed by atoms with Crippen LogP contribution < -0.4 is 5.73 Å². The van der Waals surface area contributed by atoms with Crippen molar-refractivity contribution in [1.82, 2.24) is 0 Å². The molecule has 1 aliphatic rings. The van der Waals surface area contributed by atoms with Crippen molar-refractivity contribution >= 4 is 0 Å². The van der Waals surface area contributed by atoms with Crippen molar-refractivity contribution in [2.24, 2.45) is 5.73 Å². The van der Waals surface area contributed by atoms with Crippen LogP contribution in [0.4, 0.5) is 0 Å². The summed E-state index contributed by atoms with van der Waals surface area (Å²) in [7, 11) is 0. The summed E-state index contributed by atoms with van der Waals surface area (Å²) in [6.45, 7) is 8.23. The van der Waals surface area contributed by atoms with Gasteiger partial charge in [0, 0.05) is 0 Å². The van der Waals surface area contributed by atoms with E-state index in [1.165, 1.54) is 22.3 Å². The lowest BCUT2D eigenvalue weighted by Crippen LogP contribution is -2.38. The van der Waals surface area contributed by atoms with Crippen LogP contribution >= 0.6 is 0 Å². The molecule has 3 nitrogen and oxygen atoms in total. The molecule has 2 N–H and O–H groups in total. The van der Waals surface area contributed by atoms with Crippen molar-refractivity contribution < 1.29 is 9.47 Å². The largest absolute Gasteiger partial charge is 0.376 e. The molecule has 94 valence electrons. The van der Waals surface area contributed by atoms with Gasteiger partial charge in [-0.2, -0.15) is 0 Å². The van der Waals surface area contributed by atoms with E-state index in [1.54, 1.807) is 0 Å². The standard InChI is InChI=1S/C14H21NO2/c1-9-6-10(2)13(11(3)7-9)14(15)12-8-16-4-5-17-12/h6-7,12,14H,4-5,8,15H2,1-3H3. The lowest BCUT2D eigenvalue weighted by molar-refractivity contribution is -0.0976. The minimum Gasteiger partial charge on any atom is -0.376 e. The molecule has 1 heterocycles. The van der Waals surface area contributed by atoms with E-state index in [0.717, 1.165) is 0 Å². The van der Waals surface area contributed by atoms with Crippen molar-refractivity contribution in [3.8, 4) is 0 Å². The van der Waals surface area contributed by atoms with E-state index in [9.17, 15) is 0 Å². The highest BCUT2D eigenvalue weighted by Gasteiger charge is 2.25. The molecule has 2 rings (SSSR count). The first-order chi connectivity index (χ1) is 8.09. The zero-order valence-electron chi connectivity index (χ0n) is 10.8. The predicted octanol–water partition coefficient (Wildman–Crippen LogP) is 2.03. The lowest BCUT2D eigenvalue weighted by atomic mass is 9.91. The molecule has 2 atom stereocenters. The highest BCUT2D eigenvalue weighted by atomic mass is 16.6. The third-order valence-electron chi connectivity index (χ3n) is 3.31. The molecule has 0 bridgehead atoms. The summed E-state index contributed by atoms with van der Waals surface area (Å²) in [5.74, 6) is 0. The molecule has 0 amide bonds. The molecule has 1 aromatic carbocycles. The van der Waals surface area contributed by atoms with Crippen molar-refractivity contribution in [1.29, 1.82) is 0 Å². The van der Waals surface area contributed by atoms with Crippen LogP contribution in [0.1, 0.15) is 28.3 Å². The Morgan fingerprint density at radius 3 is 2.35 bits per heavy atom. The predicted molar refractivity (Wildman–Crippen MR) is 68.1 cm³/mol. The fourth-order valence-corrected chi connectivity index (χ4v) is 2.62. The second-order valence-corrected chi connectivity index (χ2v) is 4.82. The van der Waals surface area contributed by atoms with E-state index in [1.807, 2.05) is 0 Å². The highest BCUT2D eigenvalue weighted by Crippen LogP contribution is 2.26.